The van der Waals surface area contributed by atoms with Crippen LogP contribution < -0.4 is 0 Å². The summed E-state index contributed by atoms with van der Waals surface area (Å²) < 4.78 is 5.30. The number of ether oxygens (including phenoxy) is 1. The Morgan fingerprint density at radius 3 is 1.73 bits per heavy atom. The van der Waals surface area contributed by atoms with Gasteiger partial charge in [-0.2, -0.15) is 0 Å². The molecule has 0 saturated carbocycles. The van der Waals surface area contributed by atoms with E-state index in [4.69, 9.17) is 4.74 Å². The van der Waals surface area contributed by atoms with Gasteiger partial charge in [0.2, 0.25) is 0 Å². The molecule has 0 spiro atoms. The van der Waals surface area contributed by atoms with Crippen LogP contribution in [-0.2, 0) is 22.6 Å². The van der Waals surface area contributed by atoms with Crippen LogP contribution >= 0.6 is 0 Å². The molecule has 2 nitrogen and oxygen atoms in total. The van der Waals surface area contributed by atoms with Gasteiger partial charge in [-0.1, -0.05) is 99.2 Å². The second kappa shape index (κ2) is 13.2. The number of benzene rings is 2. The molecule has 0 saturated heterocycles. The molecule has 2 aromatic carbocycles. The maximum Gasteiger partial charge on any atom is 0.306 e. The number of carbonyl (C=O) groups is 1. The summed E-state index contributed by atoms with van der Waals surface area (Å²) in [7, 11) is 0. The van der Waals surface area contributed by atoms with Crippen molar-refractivity contribution in [2.24, 2.45) is 0 Å². The molecule has 0 bridgehead atoms. The minimum Gasteiger partial charge on any atom is -0.461 e. The second-order valence-corrected chi connectivity index (χ2v) is 6.96. The quantitative estimate of drug-likeness (QED) is 0.304. The highest BCUT2D eigenvalue weighted by Gasteiger charge is 2.03. The highest BCUT2D eigenvalue weighted by molar-refractivity contribution is 5.69. The van der Waals surface area contributed by atoms with Gasteiger partial charge in [-0.05, 0) is 30.4 Å². The first-order valence-corrected chi connectivity index (χ1v) is 10.1. The van der Waals surface area contributed by atoms with Crippen molar-refractivity contribution in [3.05, 3.63) is 71.8 Å². The zero-order valence-electron chi connectivity index (χ0n) is 15.9. The molecule has 0 aliphatic heterocycles. The van der Waals surface area contributed by atoms with E-state index < -0.39 is 0 Å². The van der Waals surface area contributed by atoms with Crippen LogP contribution in [0.15, 0.2) is 60.7 Å². The maximum atomic E-state index is 11.7. The zero-order valence-corrected chi connectivity index (χ0v) is 15.9. The predicted octanol–water partition coefficient (Wildman–Crippen LogP) is 6.48. The minimum absolute atomic E-state index is 0.0743. The van der Waals surface area contributed by atoms with Gasteiger partial charge in [-0.25, -0.2) is 0 Å². The van der Waals surface area contributed by atoms with Crippen LogP contribution in [0.4, 0.5) is 0 Å². The molecule has 0 aliphatic rings. The number of esters is 1. The summed E-state index contributed by atoms with van der Waals surface area (Å²) in [6.45, 7) is 0.392. The molecule has 140 valence electrons. The Morgan fingerprint density at radius 1 is 0.615 bits per heavy atom. The summed E-state index contributed by atoms with van der Waals surface area (Å²) in [5.41, 5.74) is 2.50. The molecule has 2 rings (SSSR count). The van der Waals surface area contributed by atoms with Crippen LogP contribution in [-0.4, -0.2) is 5.97 Å². The van der Waals surface area contributed by atoms with E-state index in [-0.39, 0.29) is 5.97 Å². The Bertz CT molecular complexity index is 592. The SMILES string of the molecule is O=C(CCCCCCCCCCc1ccccc1)OCc1ccccc1. The Labute approximate surface area is 158 Å². The molecule has 0 aliphatic carbocycles. The summed E-state index contributed by atoms with van der Waals surface area (Å²) in [5.74, 6) is -0.0743. The number of aryl methyl sites for hydroxylation is 1. The molecule has 0 aromatic heterocycles. The van der Waals surface area contributed by atoms with Gasteiger partial charge in [0.1, 0.15) is 6.61 Å². The highest BCUT2D eigenvalue weighted by atomic mass is 16.5. The maximum absolute atomic E-state index is 11.7. The lowest BCUT2D eigenvalue weighted by molar-refractivity contribution is -0.145. The average molecular weight is 353 g/mol. The Hall–Kier alpha value is -2.09. The van der Waals surface area contributed by atoms with Crippen LogP contribution in [0.1, 0.15) is 68.9 Å². The van der Waals surface area contributed by atoms with Crippen molar-refractivity contribution in [3.63, 3.8) is 0 Å². The van der Waals surface area contributed by atoms with Crippen LogP contribution in [0.3, 0.4) is 0 Å². The summed E-state index contributed by atoms with van der Waals surface area (Å²) in [6.07, 6.45) is 11.6. The lowest BCUT2D eigenvalue weighted by atomic mass is 10.0. The van der Waals surface area contributed by atoms with Crippen molar-refractivity contribution in [1.82, 2.24) is 0 Å². The molecule has 0 radical (unpaired) electrons. The monoisotopic (exact) mass is 352 g/mol. The third-order valence-corrected chi connectivity index (χ3v) is 4.68. The normalized spacial score (nSPS) is 10.6. The summed E-state index contributed by atoms with van der Waals surface area (Å²) >= 11 is 0. The van der Waals surface area contributed by atoms with E-state index in [0.717, 1.165) is 18.4 Å². The van der Waals surface area contributed by atoms with Gasteiger partial charge in [0.15, 0.2) is 0 Å². The molecular formula is C24H32O2. The van der Waals surface area contributed by atoms with Gasteiger partial charge in [0.25, 0.3) is 0 Å². The van der Waals surface area contributed by atoms with Crippen LogP contribution in [0.5, 0.6) is 0 Å². The number of hydrogen-bond acceptors (Lipinski definition) is 2. The Morgan fingerprint density at radius 2 is 1.12 bits per heavy atom. The van der Waals surface area contributed by atoms with Crippen molar-refractivity contribution in [3.8, 4) is 0 Å². The molecule has 2 heteroatoms. The first kappa shape index (κ1) is 20.2. The fraction of sp³-hybridized carbons (Fsp3) is 0.458. The predicted molar refractivity (Wildman–Crippen MR) is 108 cm³/mol. The molecule has 0 fully saturated rings. The topological polar surface area (TPSA) is 26.3 Å². The number of hydrogen-bond donors (Lipinski definition) is 0. The standard InChI is InChI=1S/C24H32O2/c25-24(26-21-23-18-12-8-13-19-23)20-14-6-4-2-1-3-5-9-15-22-16-10-7-11-17-22/h7-8,10-13,16-19H,1-6,9,14-15,20-21H2. The van der Waals surface area contributed by atoms with Crippen molar-refractivity contribution >= 4 is 5.97 Å². The van der Waals surface area contributed by atoms with E-state index in [9.17, 15) is 4.79 Å². The van der Waals surface area contributed by atoms with Crippen molar-refractivity contribution < 1.29 is 9.53 Å². The van der Waals surface area contributed by atoms with Gasteiger partial charge in [0.05, 0.1) is 0 Å². The van der Waals surface area contributed by atoms with E-state index in [0.29, 0.717) is 13.0 Å². The van der Waals surface area contributed by atoms with Gasteiger partial charge in [-0.15, -0.1) is 0 Å². The largest absolute Gasteiger partial charge is 0.461 e. The first-order chi connectivity index (χ1) is 12.8. The number of carbonyl (C=O) groups excluding carboxylic acids is 1. The molecule has 0 unspecified atom stereocenters. The van der Waals surface area contributed by atoms with E-state index in [1.54, 1.807) is 0 Å². The van der Waals surface area contributed by atoms with E-state index in [1.807, 2.05) is 30.3 Å². The highest BCUT2D eigenvalue weighted by Crippen LogP contribution is 2.12. The first-order valence-electron chi connectivity index (χ1n) is 10.1. The van der Waals surface area contributed by atoms with E-state index >= 15 is 0 Å². The van der Waals surface area contributed by atoms with E-state index in [1.165, 1.54) is 50.5 Å². The number of unbranched alkanes of at least 4 members (excludes halogenated alkanes) is 7. The van der Waals surface area contributed by atoms with Gasteiger partial charge < -0.3 is 4.74 Å². The second-order valence-electron chi connectivity index (χ2n) is 6.96. The van der Waals surface area contributed by atoms with Gasteiger partial charge >= 0.3 is 5.97 Å². The van der Waals surface area contributed by atoms with Crippen LogP contribution in [0, 0.1) is 0 Å². The lowest BCUT2D eigenvalue weighted by Gasteiger charge is -2.05. The third kappa shape index (κ3) is 9.41. The van der Waals surface area contributed by atoms with Crippen LogP contribution in [0.2, 0.25) is 0 Å². The molecule has 0 amide bonds. The molecule has 2 aromatic rings. The summed E-state index contributed by atoms with van der Waals surface area (Å²) in [6, 6.07) is 20.6. The van der Waals surface area contributed by atoms with Gasteiger partial charge in [-0.3, -0.25) is 4.79 Å². The Kier molecular flexibility index (Phi) is 10.2. The average Bonchev–Trinajstić information content (AvgIpc) is 2.69. The summed E-state index contributed by atoms with van der Waals surface area (Å²) in [4.78, 5) is 11.7. The third-order valence-electron chi connectivity index (χ3n) is 4.68. The fourth-order valence-electron chi connectivity index (χ4n) is 3.11. The van der Waals surface area contributed by atoms with Crippen molar-refractivity contribution in [2.45, 2.75) is 70.8 Å². The molecule has 0 heterocycles. The Balaban J connectivity index is 1.36. The van der Waals surface area contributed by atoms with Crippen molar-refractivity contribution in [2.75, 3.05) is 0 Å². The van der Waals surface area contributed by atoms with Gasteiger partial charge in [0, 0.05) is 6.42 Å². The van der Waals surface area contributed by atoms with Crippen LogP contribution in [0.25, 0.3) is 0 Å². The fourth-order valence-corrected chi connectivity index (χ4v) is 3.11. The molecule has 0 N–H and O–H groups in total. The molecular weight excluding hydrogens is 320 g/mol. The van der Waals surface area contributed by atoms with E-state index in [2.05, 4.69) is 30.3 Å². The minimum atomic E-state index is -0.0743. The summed E-state index contributed by atoms with van der Waals surface area (Å²) in [5, 5.41) is 0. The zero-order chi connectivity index (χ0) is 18.3. The number of rotatable bonds is 13. The lowest BCUT2D eigenvalue weighted by Crippen LogP contribution is -2.04. The smallest absolute Gasteiger partial charge is 0.306 e. The molecule has 0 atom stereocenters. The molecule has 26 heavy (non-hydrogen) atoms. The van der Waals surface area contributed by atoms with Crippen molar-refractivity contribution in [1.29, 1.82) is 0 Å².